The van der Waals surface area contributed by atoms with E-state index < -0.39 is 11.9 Å². The van der Waals surface area contributed by atoms with Crippen molar-refractivity contribution < 1.29 is 33.7 Å². The van der Waals surface area contributed by atoms with Crippen molar-refractivity contribution in [3.8, 4) is 17.2 Å². The molecule has 0 heterocycles. The van der Waals surface area contributed by atoms with Crippen LogP contribution in [0, 0.1) is 24.7 Å². The lowest BCUT2D eigenvalue weighted by Crippen LogP contribution is -2.35. The highest BCUT2D eigenvalue weighted by atomic mass is 16.5. The number of carbonyl (C=O) groups excluding carboxylic acids is 3. The third-order valence-corrected chi connectivity index (χ3v) is 7.24. The summed E-state index contributed by atoms with van der Waals surface area (Å²) in [4.78, 5) is 37.9. The first kappa shape index (κ1) is 27.9. The second-order valence-electron chi connectivity index (χ2n) is 10.6. The lowest BCUT2D eigenvalue weighted by atomic mass is 9.75. The van der Waals surface area contributed by atoms with Gasteiger partial charge in [0.1, 0.15) is 23.4 Å². The van der Waals surface area contributed by atoms with Crippen molar-refractivity contribution in [2.24, 2.45) is 17.8 Å². The number of esters is 3. The molecule has 0 bridgehead atoms. The van der Waals surface area contributed by atoms with Crippen LogP contribution in [-0.4, -0.2) is 29.1 Å². The summed E-state index contributed by atoms with van der Waals surface area (Å²) in [5, 5.41) is 9.38. The van der Waals surface area contributed by atoms with Crippen molar-refractivity contribution in [1.29, 1.82) is 0 Å². The molecule has 0 spiro atoms. The van der Waals surface area contributed by atoms with Crippen molar-refractivity contribution in [3.05, 3.63) is 89.0 Å². The highest BCUT2D eigenvalue weighted by Crippen LogP contribution is 2.35. The zero-order valence-electron chi connectivity index (χ0n) is 22.7. The van der Waals surface area contributed by atoms with Gasteiger partial charge in [-0.2, -0.15) is 0 Å². The first-order chi connectivity index (χ1) is 18.6. The zero-order chi connectivity index (χ0) is 28.1. The largest absolute Gasteiger partial charge is 0.508 e. The molecule has 7 nitrogen and oxygen atoms in total. The maximum atomic E-state index is 12.8. The number of hydrogen-bond acceptors (Lipinski definition) is 7. The van der Waals surface area contributed by atoms with Crippen molar-refractivity contribution in [1.82, 2.24) is 0 Å². The number of benzene rings is 3. The molecule has 0 aromatic heterocycles. The maximum Gasteiger partial charge on any atom is 0.343 e. The van der Waals surface area contributed by atoms with Crippen LogP contribution in [0.2, 0.25) is 0 Å². The predicted molar refractivity (Wildman–Crippen MR) is 146 cm³/mol. The molecule has 204 valence electrons. The van der Waals surface area contributed by atoms with Crippen LogP contribution in [0.5, 0.6) is 17.2 Å². The van der Waals surface area contributed by atoms with Crippen LogP contribution in [0.25, 0.3) is 0 Å². The van der Waals surface area contributed by atoms with Crippen molar-refractivity contribution in [2.75, 3.05) is 0 Å². The molecule has 39 heavy (non-hydrogen) atoms. The standard InChI is InChI=1S/C32H34O7/c1-19(2)27-15-5-20(3)17-29(27)39-31(35)23-8-13-26(14-9-23)37-32(36)24-10-16-28(21(4)18-24)38-30(34)22-6-11-25(33)12-7-22/h6-14,16,18-20,27,29,33H,5,15,17H2,1-4H3. The van der Waals surface area contributed by atoms with Gasteiger partial charge < -0.3 is 19.3 Å². The van der Waals surface area contributed by atoms with E-state index in [-0.39, 0.29) is 28.9 Å². The van der Waals surface area contributed by atoms with E-state index in [9.17, 15) is 19.5 Å². The van der Waals surface area contributed by atoms with E-state index in [0.29, 0.717) is 40.4 Å². The zero-order valence-corrected chi connectivity index (χ0v) is 22.7. The van der Waals surface area contributed by atoms with E-state index in [1.165, 1.54) is 36.4 Å². The highest BCUT2D eigenvalue weighted by Gasteiger charge is 2.33. The Labute approximate surface area is 228 Å². The van der Waals surface area contributed by atoms with Crippen LogP contribution in [0.1, 0.15) is 76.7 Å². The van der Waals surface area contributed by atoms with E-state index in [4.69, 9.17) is 14.2 Å². The smallest absolute Gasteiger partial charge is 0.343 e. The lowest BCUT2D eigenvalue weighted by molar-refractivity contribution is -0.0174. The maximum absolute atomic E-state index is 12.8. The van der Waals surface area contributed by atoms with Crippen molar-refractivity contribution >= 4 is 17.9 Å². The minimum absolute atomic E-state index is 0.0501. The number of aryl methyl sites for hydroxylation is 1. The van der Waals surface area contributed by atoms with E-state index in [1.54, 1.807) is 37.3 Å². The minimum atomic E-state index is -0.583. The molecule has 0 aliphatic heterocycles. The number of phenolic OH excluding ortho intramolecular Hbond substituents is 1. The molecular weight excluding hydrogens is 496 g/mol. The summed E-state index contributed by atoms with van der Waals surface area (Å²) < 4.78 is 16.8. The Kier molecular flexibility index (Phi) is 8.69. The van der Waals surface area contributed by atoms with Crippen LogP contribution in [0.4, 0.5) is 0 Å². The second kappa shape index (κ2) is 12.2. The summed E-state index contributed by atoms with van der Waals surface area (Å²) >= 11 is 0. The monoisotopic (exact) mass is 530 g/mol. The van der Waals surface area contributed by atoms with Crippen LogP contribution >= 0.6 is 0 Å². The third kappa shape index (κ3) is 7.05. The molecule has 1 aliphatic rings. The lowest BCUT2D eigenvalue weighted by Gasteiger charge is -2.36. The Bertz CT molecular complexity index is 1330. The van der Waals surface area contributed by atoms with Crippen LogP contribution < -0.4 is 9.47 Å². The Balaban J connectivity index is 1.36. The molecule has 0 radical (unpaired) electrons. The van der Waals surface area contributed by atoms with Gasteiger partial charge in [0.15, 0.2) is 0 Å². The van der Waals surface area contributed by atoms with Gasteiger partial charge >= 0.3 is 17.9 Å². The molecule has 3 unspecified atom stereocenters. The van der Waals surface area contributed by atoms with Gasteiger partial charge in [0.05, 0.1) is 16.7 Å². The topological polar surface area (TPSA) is 99.1 Å². The van der Waals surface area contributed by atoms with Gasteiger partial charge in [0.25, 0.3) is 0 Å². The molecule has 3 aromatic carbocycles. The first-order valence-corrected chi connectivity index (χ1v) is 13.3. The molecule has 1 aliphatic carbocycles. The summed E-state index contributed by atoms with van der Waals surface area (Å²) in [7, 11) is 0. The number of hydrogen-bond donors (Lipinski definition) is 1. The third-order valence-electron chi connectivity index (χ3n) is 7.24. The van der Waals surface area contributed by atoms with Crippen LogP contribution in [0.15, 0.2) is 66.7 Å². The molecule has 1 fully saturated rings. The predicted octanol–water partition coefficient (Wildman–Crippen LogP) is 6.76. The fourth-order valence-electron chi connectivity index (χ4n) is 4.93. The van der Waals surface area contributed by atoms with E-state index in [0.717, 1.165) is 19.3 Å². The molecule has 7 heteroatoms. The summed E-state index contributed by atoms with van der Waals surface area (Å²) in [5.74, 6) is 0.453. The first-order valence-electron chi connectivity index (χ1n) is 13.3. The average molecular weight is 531 g/mol. The number of aromatic hydroxyl groups is 1. The number of carbonyl (C=O) groups is 3. The summed E-state index contributed by atoms with van der Waals surface area (Å²) in [5.41, 5.74) is 1.56. The van der Waals surface area contributed by atoms with Crippen LogP contribution in [-0.2, 0) is 4.74 Å². The van der Waals surface area contributed by atoms with Gasteiger partial charge in [0.2, 0.25) is 0 Å². The highest BCUT2D eigenvalue weighted by molar-refractivity contribution is 5.93. The normalized spacial score (nSPS) is 18.8. The number of phenols is 1. The Hall–Kier alpha value is -4.13. The van der Waals surface area contributed by atoms with Gasteiger partial charge in [-0.25, -0.2) is 14.4 Å². The molecule has 0 saturated heterocycles. The number of rotatable bonds is 7. The number of ether oxygens (including phenoxy) is 3. The second-order valence-corrected chi connectivity index (χ2v) is 10.6. The molecular formula is C32H34O7. The van der Waals surface area contributed by atoms with E-state index in [1.807, 2.05) is 0 Å². The summed E-state index contributed by atoms with van der Waals surface area (Å²) in [6.45, 7) is 8.25. The molecule has 4 rings (SSSR count). The SMILES string of the molecule is Cc1cc(C(=O)Oc2ccc(C(=O)OC3CC(C)CCC3C(C)C)cc2)ccc1OC(=O)c1ccc(O)cc1. The fourth-order valence-corrected chi connectivity index (χ4v) is 4.93. The van der Waals surface area contributed by atoms with Crippen molar-refractivity contribution in [3.63, 3.8) is 0 Å². The van der Waals surface area contributed by atoms with Gasteiger partial charge in [-0.3, -0.25) is 0 Å². The van der Waals surface area contributed by atoms with Gasteiger partial charge in [-0.15, -0.1) is 0 Å². The molecule has 3 atom stereocenters. The molecule has 0 amide bonds. The van der Waals surface area contributed by atoms with Gasteiger partial charge in [-0.05, 0) is 110 Å². The van der Waals surface area contributed by atoms with Crippen molar-refractivity contribution in [2.45, 2.75) is 53.1 Å². The minimum Gasteiger partial charge on any atom is -0.508 e. The molecule has 1 N–H and O–H groups in total. The molecule has 1 saturated carbocycles. The fraction of sp³-hybridized carbons (Fsp3) is 0.344. The van der Waals surface area contributed by atoms with E-state index in [2.05, 4.69) is 20.8 Å². The van der Waals surface area contributed by atoms with E-state index >= 15 is 0 Å². The van der Waals surface area contributed by atoms with Crippen LogP contribution in [0.3, 0.4) is 0 Å². The summed E-state index contributed by atoms with van der Waals surface area (Å²) in [6.07, 6.45) is 3.00. The Morgan fingerprint density at radius 1 is 0.795 bits per heavy atom. The Morgan fingerprint density at radius 2 is 1.38 bits per heavy atom. The quantitative estimate of drug-likeness (QED) is 0.266. The van der Waals surface area contributed by atoms with Gasteiger partial charge in [-0.1, -0.05) is 27.2 Å². The average Bonchev–Trinajstić information content (AvgIpc) is 2.90. The van der Waals surface area contributed by atoms with Gasteiger partial charge in [0, 0.05) is 0 Å². The Morgan fingerprint density at radius 3 is 2.03 bits per heavy atom. The molecule has 3 aromatic rings. The summed E-state index contributed by atoms with van der Waals surface area (Å²) in [6, 6.07) is 16.7.